The van der Waals surface area contributed by atoms with E-state index in [4.69, 9.17) is 16.7 Å². The van der Waals surface area contributed by atoms with Crippen molar-refractivity contribution >= 4 is 11.6 Å². The highest BCUT2D eigenvalue weighted by Gasteiger charge is 2.10. The fraction of sp³-hybridized carbons (Fsp3) is 0.250. The average Bonchev–Trinajstić information content (AvgIpc) is 2.08. The zero-order chi connectivity index (χ0) is 9.84. The Morgan fingerprint density at radius 3 is 2.69 bits per heavy atom. The summed E-state index contributed by atoms with van der Waals surface area (Å²) in [4.78, 5) is 0. The van der Waals surface area contributed by atoms with Crippen LogP contribution in [0.15, 0.2) is 18.2 Å². The van der Waals surface area contributed by atoms with Crippen molar-refractivity contribution < 1.29 is 18.6 Å². The first-order valence-corrected chi connectivity index (χ1v) is 3.86. The van der Waals surface area contributed by atoms with Crippen LogP contribution in [0.1, 0.15) is 5.56 Å². The summed E-state index contributed by atoms with van der Waals surface area (Å²) in [5, 5.41) is 8.77. The fourth-order valence-electron chi connectivity index (χ4n) is 0.865. The summed E-state index contributed by atoms with van der Waals surface area (Å²) in [5.74, 6) is -0.122. The first-order valence-electron chi connectivity index (χ1n) is 3.48. The van der Waals surface area contributed by atoms with E-state index in [9.17, 15) is 8.78 Å². The summed E-state index contributed by atoms with van der Waals surface area (Å²) in [7, 11) is 0. The third-order valence-electron chi connectivity index (χ3n) is 1.43. The van der Waals surface area contributed by atoms with Gasteiger partial charge >= 0.3 is 6.61 Å². The quantitative estimate of drug-likeness (QED) is 0.827. The van der Waals surface area contributed by atoms with Crippen LogP contribution >= 0.6 is 11.6 Å². The Balaban J connectivity index is 2.94. The Morgan fingerprint density at radius 2 is 2.15 bits per heavy atom. The molecular weight excluding hydrogens is 202 g/mol. The van der Waals surface area contributed by atoms with Crippen molar-refractivity contribution in [1.29, 1.82) is 0 Å². The molecule has 1 aromatic rings. The highest BCUT2D eigenvalue weighted by molar-refractivity contribution is 6.32. The van der Waals surface area contributed by atoms with E-state index in [-0.39, 0.29) is 17.4 Å². The molecule has 0 amide bonds. The Labute approximate surface area is 78.7 Å². The van der Waals surface area contributed by atoms with Gasteiger partial charge in [0.05, 0.1) is 11.6 Å². The lowest BCUT2D eigenvalue weighted by atomic mass is 10.2. The molecule has 1 aromatic carbocycles. The molecule has 0 aliphatic rings. The Bertz CT molecular complexity index is 291. The van der Waals surface area contributed by atoms with E-state index in [2.05, 4.69) is 4.74 Å². The van der Waals surface area contributed by atoms with Crippen molar-refractivity contribution in [2.45, 2.75) is 13.2 Å². The van der Waals surface area contributed by atoms with E-state index < -0.39 is 6.61 Å². The summed E-state index contributed by atoms with van der Waals surface area (Å²) in [6, 6.07) is 4.32. The lowest BCUT2D eigenvalue weighted by Crippen LogP contribution is -2.03. The van der Waals surface area contributed by atoms with E-state index in [1.54, 1.807) is 0 Å². The van der Waals surface area contributed by atoms with Gasteiger partial charge in [-0.3, -0.25) is 0 Å². The molecule has 0 radical (unpaired) electrons. The fourth-order valence-corrected chi connectivity index (χ4v) is 1.10. The molecule has 5 heteroatoms. The smallest absolute Gasteiger partial charge is 0.387 e. The van der Waals surface area contributed by atoms with E-state index >= 15 is 0 Å². The molecule has 0 fully saturated rings. The maximum atomic E-state index is 11.8. The van der Waals surface area contributed by atoms with Gasteiger partial charge in [-0.15, -0.1) is 0 Å². The Hall–Kier alpha value is -0.870. The van der Waals surface area contributed by atoms with Crippen LogP contribution in [-0.4, -0.2) is 11.7 Å². The summed E-state index contributed by atoms with van der Waals surface area (Å²) in [5.41, 5.74) is 0.361. The summed E-state index contributed by atoms with van der Waals surface area (Å²) >= 11 is 5.63. The van der Waals surface area contributed by atoms with Gasteiger partial charge in [0, 0.05) is 0 Å². The maximum Gasteiger partial charge on any atom is 0.387 e. The molecule has 0 aromatic heterocycles. The molecule has 72 valence electrons. The van der Waals surface area contributed by atoms with Crippen molar-refractivity contribution in [2.24, 2.45) is 0 Å². The molecule has 2 nitrogen and oxygen atoms in total. The van der Waals surface area contributed by atoms with Crippen LogP contribution < -0.4 is 4.74 Å². The van der Waals surface area contributed by atoms with Crippen molar-refractivity contribution in [3.63, 3.8) is 0 Å². The van der Waals surface area contributed by atoms with Gasteiger partial charge < -0.3 is 9.84 Å². The molecule has 1 N–H and O–H groups in total. The first kappa shape index (κ1) is 10.2. The monoisotopic (exact) mass is 208 g/mol. The topological polar surface area (TPSA) is 29.5 Å². The highest BCUT2D eigenvalue weighted by atomic mass is 35.5. The minimum absolute atomic E-state index is 0.0188. The van der Waals surface area contributed by atoms with E-state index in [0.717, 1.165) is 0 Å². The summed E-state index contributed by atoms with van der Waals surface area (Å²) in [6.45, 7) is -3.22. The number of aliphatic hydroxyl groups is 1. The van der Waals surface area contributed by atoms with E-state index in [1.165, 1.54) is 18.2 Å². The Kier molecular flexibility index (Phi) is 3.45. The van der Waals surface area contributed by atoms with Gasteiger partial charge in [-0.25, -0.2) is 0 Å². The molecule has 0 saturated carbocycles. The molecule has 0 atom stereocenters. The standard InChI is InChI=1S/C8H7ClF2O2/c9-7-5(4-12)2-1-3-6(7)13-8(10)11/h1-3,8,12H,4H2. The van der Waals surface area contributed by atoms with Gasteiger partial charge in [-0.1, -0.05) is 23.7 Å². The van der Waals surface area contributed by atoms with Crippen molar-refractivity contribution in [3.8, 4) is 5.75 Å². The lowest BCUT2D eigenvalue weighted by Gasteiger charge is -2.08. The minimum Gasteiger partial charge on any atom is -0.433 e. The number of benzene rings is 1. The molecule has 0 saturated heterocycles. The zero-order valence-corrected chi connectivity index (χ0v) is 7.26. The molecule has 13 heavy (non-hydrogen) atoms. The van der Waals surface area contributed by atoms with Crippen LogP contribution in [0.25, 0.3) is 0 Å². The van der Waals surface area contributed by atoms with Crippen LogP contribution in [0.2, 0.25) is 5.02 Å². The molecule has 1 rings (SSSR count). The maximum absolute atomic E-state index is 11.8. The van der Waals surface area contributed by atoms with E-state index in [0.29, 0.717) is 5.56 Å². The molecule has 0 spiro atoms. The molecule has 0 unspecified atom stereocenters. The largest absolute Gasteiger partial charge is 0.433 e. The van der Waals surface area contributed by atoms with Gasteiger partial charge in [-0.05, 0) is 11.6 Å². The van der Waals surface area contributed by atoms with Crippen LogP contribution in [0.3, 0.4) is 0 Å². The van der Waals surface area contributed by atoms with Gasteiger partial charge in [0.1, 0.15) is 5.75 Å². The minimum atomic E-state index is -2.91. The van der Waals surface area contributed by atoms with Gasteiger partial charge in [0.2, 0.25) is 0 Å². The molecular formula is C8H7ClF2O2. The second-order valence-corrected chi connectivity index (χ2v) is 2.64. The summed E-state index contributed by atoms with van der Waals surface area (Å²) in [6.07, 6.45) is 0. The number of ether oxygens (including phenoxy) is 1. The molecule has 0 heterocycles. The second kappa shape index (κ2) is 4.39. The number of aliphatic hydroxyl groups excluding tert-OH is 1. The number of halogens is 3. The van der Waals surface area contributed by atoms with Crippen molar-refractivity contribution in [1.82, 2.24) is 0 Å². The number of hydrogen-bond donors (Lipinski definition) is 1. The van der Waals surface area contributed by atoms with Crippen molar-refractivity contribution in [3.05, 3.63) is 28.8 Å². The predicted molar refractivity (Wildman–Crippen MR) is 44.0 cm³/mol. The normalized spacial score (nSPS) is 10.5. The molecule has 0 bridgehead atoms. The number of alkyl halides is 2. The number of hydrogen-bond acceptors (Lipinski definition) is 2. The van der Waals surface area contributed by atoms with Crippen LogP contribution in [-0.2, 0) is 6.61 Å². The lowest BCUT2D eigenvalue weighted by molar-refractivity contribution is -0.0498. The van der Waals surface area contributed by atoms with E-state index in [1.807, 2.05) is 0 Å². The third kappa shape index (κ3) is 2.54. The van der Waals surface area contributed by atoms with Gasteiger partial charge in [0.15, 0.2) is 0 Å². The predicted octanol–water partition coefficient (Wildman–Crippen LogP) is 2.43. The zero-order valence-electron chi connectivity index (χ0n) is 6.51. The number of rotatable bonds is 3. The third-order valence-corrected chi connectivity index (χ3v) is 1.86. The first-order chi connectivity index (χ1) is 6.15. The van der Waals surface area contributed by atoms with Gasteiger partial charge in [-0.2, -0.15) is 8.78 Å². The molecule has 0 aliphatic carbocycles. The van der Waals surface area contributed by atoms with Crippen LogP contribution in [0.4, 0.5) is 8.78 Å². The van der Waals surface area contributed by atoms with Crippen molar-refractivity contribution in [2.75, 3.05) is 0 Å². The van der Waals surface area contributed by atoms with Crippen LogP contribution in [0, 0.1) is 0 Å². The Morgan fingerprint density at radius 1 is 1.46 bits per heavy atom. The average molecular weight is 209 g/mol. The van der Waals surface area contributed by atoms with Crippen LogP contribution in [0.5, 0.6) is 5.75 Å². The SMILES string of the molecule is OCc1cccc(OC(F)F)c1Cl. The summed E-state index contributed by atoms with van der Waals surface area (Å²) < 4.78 is 27.7. The highest BCUT2D eigenvalue weighted by Crippen LogP contribution is 2.29. The second-order valence-electron chi connectivity index (χ2n) is 2.27. The molecule has 0 aliphatic heterocycles. The van der Waals surface area contributed by atoms with Gasteiger partial charge in [0.25, 0.3) is 0 Å².